The third-order valence-electron chi connectivity index (χ3n) is 6.00. The molecule has 1 fully saturated rings. The monoisotopic (exact) mass is 482 g/mol. The molecule has 4 aromatic heterocycles. The second-order valence-corrected chi connectivity index (χ2v) is 8.36. The lowest BCUT2D eigenvalue weighted by atomic mass is 9.91. The Morgan fingerprint density at radius 1 is 0.647 bits per heavy atom. The van der Waals surface area contributed by atoms with Gasteiger partial charge in [-0.3, -0.25) is 8.80 Å². The number of imidazole rings is 2. The van der Waals surface area contributed by atoms with E-state index in [9.17, 15) is 26.3 Å². The first-order chi connectivity index (χ1) is 16.1. The molecule has 4 aromatic rings. The number of hydrogen-bond acceptors (Lipinski definition) is 4. The first kappa shape index (κ1) is 22.4. The van der Waals surface area contributed by atoms with Crippen molar-refractivity contribution in [3.8, 4) is 0 Å². The molecule has 180 valence electrons. The largest absolute Gasteiger partial charge is 0.434 e. The lowest BCUT2D eigenvalue weighted by molar-refractivity contribution is -0.141. The van der Waals surface area contributed by atoms with Crippen molar-refractivity contribution in [2.45, 2.75) is 50.1 Å². The second kappa shape index (κ2) is 8.10. The molecular weight excluding hydrogens is 462 g/mol. The molecular formula is C22H20F6N6. The fourth-order valence-electron chi connectivity index (χ4n) is 4.33. The summed E-state index contributed by atoms with van der Waals surface area (Å²) in [7, 11) is 0. The minimum absolute atomic E-state index is 0.0428. The van der Waals surface area contributed by atoms with E-state index in [0.29, 0.717) is 11.6 Å². The van der Waals surface area contributed by atoms with Crippen molar-refractivity contribution in [3.63, 3.8) is 0 Å². The van der Waals surface area contributed by atoms with Gasteiger partial charge in [-0.05, 0) is 49.9 Å². The molecule has 1 aliphatic rings. The summed E-state index contributed by atoms with van der Waals surface area (Å²) >= 11 is 0. The van der Waals surface area contributed by atoms with Crippen molar-refractivity contribution >= 4 is 22.9 Å². The zero-order chi connectivity index (χ0) is 24.1. The van der Waals surface area contributed by atoms with Crippen LogP contribution < -0.4 is 10.6 Å². The van der Waals surface area contributed by atoms with Gasteiger partial charge in [-0.2, -0.15) is 26.3 Å². The molecule has 0 amide bonds. The molecule has 0 spiro atoms. The van der Waals surface area contributed by atoms with Crippen LogP contribution in [0.3, 0.4) is 0 Å². The van der Waals surface area contributed by atoms with E-state index in [2.05, 4.69) is 20.6 Å². The molecule has 0 aliphatic heterocycles. The maximum absolute atomic E-state index is 13.0. The highest BCUT2D eigenvalue weighted by atomic mass is 19.4. The highest BCUT2D eigenvalue weighted by Crippen LogP contribution is 2.32. The number of fused-ring (bicyclic) bond motifs is 2. The van der Waals surface area contributed by atoms with Gasteiger partial charge in [-0.1, -0.05) is 12.1 Å². The smallest absolute Gasteiger partial charge is 0.368 e. The van der Waals surface area contributed by atoms with E-state index in [0.717, 1.165) is 38.1 Å². The van der Waals surface area contributed by atoms with Gasteiger partial charge in [-0.15, -0.1) is 0 Å². The lowest BCUT2D eigenvalue weighted by Crippen LogP contribution is -2.33. The van der Waals surface area contributed by atoms with E-state index in [1.165, 1.54) is 20.9 Å². The van der Waals surface area contributed by atoms with Crippen molar-refractivity contribution in [1.82, 2.24) is 18.8 Å². The number of alkyl halides is 6. The van der Waals surface area contributed by atoms with Crippen LogP contribution in [0.15, 0.2) is 48.8 Å². The predicted octanol–water partition coefficient (Wildman–Crippen LogP) is 5.85. The molecule has 1 aliphatic carbocycles. The summed E-state index contributed by atoms with van der Waals surface area (Å²) in [5.74, 6) is 1.06. The highest BCUT2D eigenvalue weighted by molar-refractivity contribution is 5.53. The second-order valence-electron chi connectivity index (χ2n) is 8.36. The van der Waals surface area contributed by atoms with E-state index < -0.39 is 23.7 Å². The van der Waals surface area contributed by atoms with Crippen molar-refractivity contribution in [1.29, 1.82) is 0 Å². The Morgan fingerprint density at radius 2 is 1.03 bits per heavy atom. The van der Waals surface area contributed by atoms with Crippen LogP contribution in [0.4, 0.5) is 38.0 Å². The summed E-state index contributed by atoms with van der Waals surface area (Å²) in [6.07, 6.45) is -4.13. The maximum atomic E-state index is 13.0. The zero-order valence-corrected chi connectivity index (χ0v) is 17.7. The van der Waals surface area contributed by atoms with Crippen LogP contribution >= 0.6 is 0 Å². The molecule has 0 saturated heterocycles. The van der Waals surface area contributed by atoms with Crippen LogP contribution in [-0.4, -0.2) is 30.9 Å². The number of anilines is 2. The van der Waals surface area contributed by atoms with Crippen LogP contribution in [-0.2, 0) is 12.4 Å². The van der Waals surface area contributed by atoms with Gasteiger partial charge < -0.3 is 10.6 Å². The van der Waals surface area contributed by atoms with Gasteiger partial charge in [0, 0.05) is 24.5 Å². The molecule has 1 saturated carbocycles. The summed E-state index contributed by atoms with van der Waals surface area (Å²) in [6, 6.07) is 9.83. The van der Waals surface area contributed by atoms with Crippen molar-refractivity contribution in [3.05, 3.63) is 60.2 Å². The Morgan fingerprint density at radius 3 is 1.38 bits per heavy atom. The van der Waals surface area contributed by atoms with Gasteiger partial charge in [0.05, 0.1) is 0 Å². The molecule has 6 nitrogen and oxygen atoms in total. The van der Waals surface area contributed by atoms with Gasteiger partial charge in [0.2, 0.25) is 0 Å². The van der Waals surface area contributed by atoms with Gasteiger partial charge >= 0.3 is 12.4 Å². The van der Waals surface area contributed by atoms with Gasteiger partial charge in [-0.25, -0.2) is 9.97 Å². The maximum Gasteiger partial charge on any atom is 0.434 e. The predicted molar refractivity (Wildman–Crippen MR) is 114 cm³/mol. The summed E-state index contributed by atoms with van der Waals surface area (Å²) in [6.45, 7) is 0. The molecule has 0 aromatic carbocycles. The SMILES string of the molecule is FC(F)(F)c1cn2c(NC3CCC(Nc4cccc5nc(C(F)(F)F)cn45)CC3)cccc2n1. The van der Waals surface area contributed by atoms with Crippen LogP contribution in [0.25, 0.3) is 11.3 Å². The van der Waals surface area contributed by atoms with Gasteiger partial charge in [0.15, 0.2) is 11.4 Å². The number of pyridine rings is 2. The Bertz CT molecular complexity index is 1210. The number of rotatable bonds is 4. The Hall–Kier alpha value is -3.44. The zero-order valence-electron chi connectivity index (χ0n) is 17.7. The minimum Gasteiger partial charge on any atom is -0.368 e. The van der Waals surface area contributed by atoms with E-state index in [4.69, 9.17) is 0 Å². The first-order valence-corrected chi connectivity index (χ1v) is 10.7. The number of hydrogen-bond donors (Lipinski definition) is 2. The molecule has 0 atom stereocenters. The van der Waals surface area contributed by atoms with Gasteiger partial charge in [0.25, 0.3) is 0 Å². The lowest BCUT2D eigenvalue weighted by Gasteiger charge is -2.31. The van der Waals surface area contributed by atoms with E-state index in [1.807, 2.05) is 0 Å². The molecule has 0 radical (unpaired) electrons. The van der Waals surface area contributed by atoms with Crippen molar-refractivity contribution < 1.29 is 26.3 Å². The number of nitrogens with one attached hydrogen (secondary N) is 2. The van der Waals surface area contributed by atoms with Gasteiger partial charge in [0.1, 0.15) is 22.9 Å². The molecule has 0 bridgehead atoms. The summed E-state index contributed by atoms with van der Waals surface area (Å²) in [4.78, 5) is 7.30. The normalized spacial score (nSPS) is 19.6. The molecule has 0 unspecified atom stereocenters. The minimum atomic E-state index is -4.52. The fourth-order valence-corrected chi connectivity index (χ4v) is 4.33. The van der Waals surface area contributed by atoms with E-state index in [-0.39, 0.29) is 23.4 Å². The number of nitrogens with zero attached hydrogens (tertiary/aromatic N) is 4. The fraction of sp³-hybridized carbons (Fsp3) is 0.364. The van der Waals surface area contributed by atoms with Crippen molar-refractivity contribution in [2.24, 2.45) is 0 Å². The van der Waals surface area contributed by atoms with E-state index in [1.54, 1.807) is 24.3 Å². The van der Waals surface area contributed by atoms with Crippen molar-refractivity contribution in [2.75, 3.05) is 10.6 Å². The quantitative estimate of drug-likeness (QED) is 0.358. The first-order valence-electron chi connectivity index (χ1n) is 10.7. The molecule has 4 heterocycles. The Balaban J connectivity index is 1.26. The Labute approximate surface area is 189 Å². The van der Waals surface area contributed by atoms with Crippen LogP contribution in [0.2, 0.25) is 0 Å². The molecule has 34 heavy (non-hydrogen) atoms. The van der Waals surface area contributed by atoms with Crippen LogP contribution in [0.5, 0.6) is 0 Å². The topological polar surface area (TPSA) is 58.7 Å². The third kappa shape index (κ3) is 4.36. The third-order valence-corrected chi connectivity index (χ3v) is 6.00. The standard InChI is InChI=1S/C22H20F6N6/c23-21(24,25)15-11-33-17(3-1-5-19(33)31-15)29-13-7-9-14(10-8-13)30-18-4-2-6-20-32-16(12-34(18)20)22(26,27)28/h1-6,11-14,29-30H,7-10H2. The summed E-state index contributed by atoms with van der Waals surface area (Å²) in [5, 5.41) is 6.62. The van der Waals surface area contributed by atoms with E-state index >= 15 is 0 Å². The number of halogens is 6. The van der Waals surface area contributed by atoms with Crippen LogP contribution in [0, 0.1) is 0 Å². The Kier molecular flexibility index (Phi) is 5.33. The number of aromatic nitrogens is 4. The average molecular weight is 482 g/mol. The summed E-state index contributed by atoms with van der Waals surface area (Å²) < 4.78 is 81.0. The van der Waals surface area contributed by atoms with Crippen LogP contribution in [0.1, 0.15) is 37.1 Å². The summed E-state index contributed by atoms with van der Waals surface area (Å²) in [5.41, 5.74) is -1.48. The highest BCUT2D eigenvalue weighted by Gasteiger charge is 2.35. The average Bonchev–Trinajstić information content (AvgIpc) is 3.40. The molecule has 5 rings (SSSR count). The molecule has 2 N–H and O–H groups in total. The molecule has 12 heteroatoms.